The van der Waals surface area contributed by atoms with Gasteiger partial charge in [0, 0.05) is 30.2 Å². The molecule has 0 radical (unpaired) electrons. The average molecular weight is 260 g/mol. The third-order valence-corrected chi connectivity index (χ3v) is 3.74. The summed E-state index contributed by atoms with van der Waals surface area (Å²) in [5.74, 6) is 0. The number of thiophene rings is 1. The monoisotopic (exact) mass is 260 g/mol. The highest BCUT2D eigenvalue weighted by Crippen LogP contribution is 2.11. The van der Waals surface area contributed by atoms with E-state index in [2.05, 4.69) is 66.0 Å². The molecule has 1 N–H and O–H groups in total. The molecule has 18 heavy (non-hydrogen) atoms. The van der Waals surface area contributed by atoms with Gasteiger partial charge in [-0.25, -0.2) is 0 Å². The minimum atomic E-state index is 0.977. The minimum absolute atomic E-state index is 0.977. The van der Waals surface area contributed by atoms with Crippen molar-refractivity contribution in [3.8, 4) is 0 Å². The summed E-state index contributed by atoms with van der Waals surface area (Å²) in [6.45, 7) is 5.17. The molecular formula is C15H20N2S. The van der Waals surface area contributed by atoms with Gasteiger partial charge in [0.05, 0.1) is 0 Å². The Hall–Kier alpha value is -1.32. The van der Waals surface area contributed by atoms with Crippen LogP contribution in [-0.2, 0) is 6.54 Å². The van der Waals surface area contributed by atoms with Gasteiger partial charge in [0.15, 0.2) is 0 Å². The van der Waals surface area contributed by atoms with Gasteiger partial charge in [0.25, 0.3) is 0 Å². The largest absolute Gasteiger partial charge is 0.384 e. The van der Waals surface area contributed by atoms with Gasteiger partial charge < -0.3 is 5.32 Å². The van der Waals surface area contributed by atoms with E-state index in [1.165, 1.54) is 16.1 Å². The van der Waals surface area contributed by atoms with Crippen LogP contribution in [-0.4, -0.2) is 25.0 Å². The van der Waals surface area contributed by atoms with E-state index in [1.54, 1.807) is 0 Å². The third kappa shape index (κ3) is 4.17. The second-order valence-corrected chi connectivity index (χ2v) is 5.64. The lowest BCUT2D eigenvalue weighted by Crippen LogP contribution is -2.24. The molecule has 2 rings (SSSR count). The number of hydrogen-bond donors (Lipinski definition) is 1. The molecular weight excluding hydrogens is 240 g/mol. The Morgan fingerprint density at radius 3 is 2.61 bits per heavy atom. The van der Waals surface area contributed by atoms with Crippen molar-refractivity contribution in [1.82, 2.24) is 4.90 Å². The van der Waals surface area contributed by atoms with Crippen molar-refractivity contribution in [3.63, 3.8) is 0 Å². The molecule has 0 fully saturated rings. The first kappa shape index (κ1) is 13.1. The Morgan fingerprint density at radius 2 is 1.94 bits per heavy atom. The Bertz CT molecular complexity index is 448. The minimum Gasteiger partial charge on any atom is -0.384 e. The first-order chi connectivity index (χ1) is 8.74. The summed E-state index contributed by atoms with van der Waals surface area (Å²) in [4.78, 5) is 3.76. The van der Waals surface area contributed by atoms with Gasteiger partial charge in [0.1, 0.15) is 0 Å². The number of nitrogens with one attached hydrogen (secondary N) is 1. The highest BCUT2D eigenvalue weighted by atomic mass is 32.1. The maximum Gasteiger partial charge on any atom is 0.0340 e. The highest BCUT2D eigenvalue weighted by Gasteiger charge is 2.00. The van der Waals surface area contributed by atoms with E-state index in [1.807, 2.05) is 11.3 Å². The van der Waals surface area contributed by atoms with E-state index in [4.69, 9.17) is 0 Å². The van der Waals surface area contributed by atoms with Crippen LogP contribution in [0.5, 0.6) is 0 Å². The first-order valence-electron chi connectivity index (χ1n) is 6.25. The average Bonchev–Trinajstić information content (AvgIpc) is 2.84. The second-order valence-electron chi connectivity index (χ2n) is 4.61. The lowest BCUT2D eigenvalue weighted by molar-refractivity contribution is 0.343. The van der Waals surface area contributed by atoms with Crippen LogP contribution in [0.3, 0.4) is 0 Å². The van der Waals surface area contributed by atoms with E-state index < -0.39 is 0 Å². The number of likely N-dealkylation sites (N-methyl/N-ethyl adjacent to an activating group) is 1. The normalized spacial score (nSPS) is 10.8. The zero-order chi connectivity index (χ0) is 12.8. The number of anilines is 1. The van der Waals surface area contributed by atoms with Gasteiger partial charge in [-0.3, -0.25) is 4.90 Å². The number of hydrogen-bond acceptors (Lipinski definition) is 3. The summed E-state index contributed by atoms with van der Waals surface area (Å²) in [7, 11) is 2.16. The van der Waals surface area contributed by atoms with Crippen molar-refractivity contribution in [2.24, 2.45) is 0 Å². The Morgan fingerprint density at radius 1 is 1.17 bits per heavy atom. The van der Waals surface area contributed by atoms with Crippen LogP contribution in [0.2, 0.25) is 0 Å². The molecule has 1 heterocycles. The number of aryl methyl sites for hydroxylation is 1. The standard InChI is InChI=1S/C15H20N2S/c1-13-5-7-14(8-6-13)16-9-10-17(2)12-15-4-3-11-18-15/h3-8,11,16H,9-10,12H2,1-2H3. The van der Waals surface area contributed by atoms with Gasteiger partial charge in [-0.1, -0.05) is 23.8 Å². The summed E-state index contributed by atoms with van der Waals surface area (Å²) in [6.07, 6.45) is 0. The molecule has 1 aromatic heterocycles. The van der Waals surface area contributed by atoms with E-state index in [-0.39, 0.29) is 0 Å². The highest BCUT2D eigenvalue weighted by molar-refractivity contribution is 7.09. The zero-order valence-electron chi connectivity index (χ0n) is 11.0. The Kier molecular flexibility index (Phi) is 4.79. The molecule has 3 heteroatoms. The fourth-order valence-electron chi connectivity index (χ4n) is 1.81. The van der Waals surface area contributed by atoms with Crippen molar-refractivity contribution in [3.05, 3.63) is 52.2 Å². The summed E-state index contributed by atoms with van der Waals surface area (Å²) in [5, 5.41) is 5.58. The molecule has 0 aliphatic carbocycles. The zero-order valence-corrected chi connectivity index (χ0v) is 11.8. The molecule has 0 saturated heterocycles. The van der Waals surface area contributed by atoms with E-state index in [0.717, 1.165) is 19.6 Å². The molecule has 2 aromatic rings. The number of nitrogens with zero attached hydrogens (tertiary/aromatic N) is 1. The van der Waals surface area contributed by atoms with Gasteiger partial charge in [-0.15, -0.1) is 11.3 Å². The number of benzene rings is 1. The van der Waals surface area contributed by atoms with Crippen LogP contribution in [0.15, 0.2) is 41.8 Å². The van der Waals surface area contributed by atoms with Crippen LogP contribution in [0.25, 0.3) is 0 Å². The maximum absolute atomic E-state index is 3.44. The summed E-state index contributed by atoms with van der Waals surface area (Å²) >= 11 is 1.82. The predicted molar refractivity (Wildman–Crippen MR) is 80.3 cm³/mol. The lowest BCUT2D eigenvalue weighted by atomic mass is 10.2. The third-order valence-electron chi connectivity index (χ3n) is 2.88. The molecule has 0 spiro atoms. The fraction of sp³-hybridized carbons (Fsp3) is 0.333. The SMILES string of the molecule is Cc1ccc(NCCN(C)Cc2cccs2)cc1. The summed E-state index contributed by atoms with van der Waals surface area (Å²) < 4.78 is 0. The Balaban J connectivity index is 1.70. The van der Waals surface area contributed by atoms with Crippen LogP contribution in [0.4, 0.5) is 5.69 Å². The smallest absolute Gasteiger partial charge is 0.0340 e. The molecule has 0 atom stereocenters. The lowest BCUT2D eigenvalue weighted by Gasteiger charge is -2.16. The van der Waals surface area contributed by atoms with Gasteiger partial charge in [-0.2, -0.15) is 0 Å². The van der Waals surface area contributed by atoms with Crippen molar-refractivity contribution in [2.75, 3.05) is 25.5 Å². The van der Waals surface area contributed by atoms with Gasteiger partial charge in [0.2, 0.25) is 0 Å². The van der Waals surface area contributed by atoms with Crippen LogP contribution in [0.1, 0.15) is 10.4 Å². The molecule has 0 saturated carbocycles. The van der Waals surface area contributed by atoms with Crippen molar-refractivity contribution in [2.45, 2.75) is 13.5 Å². The van der Waals surface area contributed by atoms with Crippen molar-refractivity contribution in [1.29, 1.82) is 0 Å². The van der Waals surface area contributed by atoms with E-state index in [0.29, 0.717) is 0 Å². The van der Waals surface area contributed by atoms with Gasteiger partial charge >= 0.3 is 0 Å². The van der Waals surface area contributed by atoms with Crippen molar-refractivity contribution >= 4 is 17.0 Å². The van der Waals surface area contributed by atoms with Crippen LogP contribution in [0, 0.1) is 6.92 Å². The topological polar surface area (TPSA) is 15.3 Å². The fourth-order valence-corrected chi connectivity index (χ4v) is 2.59. The quantitative estimate of drug-likeness (QED) is 0.853. The molecule has 2 nitrogen and oxygen atoms in total. The molecule has 0 unspecified atom stereocenters. The molecule has 0 aliphatic rings. The molecule has 0 amide bonds. The van der Waals surface area contributed by atoms with Crippen molar-refractivity contribution < 1.29 is 0 Å². The second kappa shape index (κ2) is 6.57. The predicted octanol–water partition coefficient (Wildman–Crippen LogP) is 3.60. The molecule has 0 bridgehead atoms. The molecule has 96 valence electrons. The first-order valence-corrected chi connectivity index (χ1v) is 7.13. The van der Waals surface area contributed by atoms with Gasteiger partial charge in [-0.05, 0) is 37.6 Å². The van der Waals surface area contributed by atoms with E-state index >= 15 is 0 Å². The maximum atomic E-state index is 3.44. The van der Waals surface area contributed by atoms with Crippen LogP contribution < -0.4 is 5.32 Å². The Labute approximate surface area is 113 Å². The summed E-state index contributed by atoms with van der Waals surface area (Å²) in [5.41, 5.74) is 2.50. The van der Waals surface area contributed by atoms with Crippen LogP contribution >= 0.6 is 11.3 Å². The molecule has 0 aliphatic heterocycles. The summed E-state index contributed by atoms with van der Waals surface area (Å²) in [6, 6.07) is 12.8. The van der Waals surface area contributed by atoms with E-state index in [9.17, 15) is 0 Å². The number of rotatable bonds is 6. The molecule has 1 aromatic carbocycles.